The highest BCUT2D eigenvalue weighted by Gasteiger charge is 2.40. The topological polar surface area (TPSA) is 226 Å². The van der Waals surface area contributed by atoms with Gasteiger partial charge < -0.3 is 47.6 Å². The summed E-state index contributed by atoms with van der Waals surface area (Å²) in [4.78, 5) is 115. The lowest BCUT2D eigenvalue weighted by atomic mass is 9.93. The van der Waals surface area contributed by atoms with Gasteiger partial charge in [0.05, 0.1) is 25.7 Å². The standard InChI is InChI=1S/C28H38O16/c1-27(17-41-21(33)7-3-11-29,18-42-22(34)8-4-12-30)25(37)39-15-16-40-26(38)28(2,19-43-23(35)9-5-13-31)20-44-24(36)10-6-14-32/h11-14H,3-10,15-20H2,1-2H3. The molecule has 0 atom stereocenters. The van der Waals surface area contributed by atoms with E-state index in [1.165, 1.54) is 13.8 Å². The van der Waals surface area contributed by atoms with Crippen LogP contribution >= 0.6 is 0 Å². The third-order valence-electron chi connectivity index (χ3n) is 5.61. The van der Waals surface area contributed by atoms with Gasteiger partial charge in [-0.3, -0.25) is 28.8 Å². The Labute approximate surface area is 253 Å². The molecular weight excluding hydrogens is 592 g/mol. The third-order valence-corrected chi connectivity index (χ3v) is 5.61. The van der Waals surface area contributed by atoms with Crippen LogP contribution in [0.25, 0.3) is 0 Å². The highest BCUT2D eigenvalue weighted by molar-refractivity contribution is 5.80. The van der Waals surface area contributed by atoms with Gasteiger partial charge in [-0.1, -0.05) is 0 Å². The zero-order valence-corrected chi connectivity index (χ0v) is 24.7. The first-order valence-corrected chi connectivity index (χ1v) is 13.6. The van der Waals surface area contributed by atoms with Gasteiger partial charge in [-0.05, 0) is 13.8 Å². The maximum atomic E-state index is 12.9. The van der Waals surface area contributed by atoms with Crippen molar-refractivity contribution in [2.75, 3.05) is 39.6 Å². The zero-order chi connectivity index (χ0) is 33.4. The van der Waals surface area contributed by atoms with Gasteiger partial charge in [0.1, 0.15) is 75.6 Å². The fourth-order valence-electron chi connectivity index (χ4n) is 2.89. The molecule has 0 aliphatic carbocycles. The first-order valence-electron chi connectivity index (χ1n) is 13.6. The number of aldehydes is 4. The van der Waals surface area contributed by atoms with Crippen molar-refractivity contribution in [3.63, 3.8) is 0 Å². The summed E-state index contributed by atoms with van der Waals surface area (Å²) in [6, 6.07) is 0. The van der Waals surface area contributed by atoms with Crippen molar-refractivity contribution in [3.05, 3.63) is 0 Å². The van der Waals surface area contributed by atoms with Gasteiger partial charge in [0.25, 0.3) is 0 Å². The minimum atomic E-state index is -1.71. The molecule has 0 saturated carbocycles. The first kappa shape index (κ1) is 39.5. The van der Waals surface area contributed by atoms with Crippen LogP contribution in [0.2, 0.25) is 0 Å². The van der Waals surface area contributed by atoms with E-state index in [1.807, 2.05) is 0 Å². The first-order chi connectivity index (χ1) is 20.9. The number of carbonyl (C=O) groups is 10. The van der Waals surface area contributed by atoms with E-state index in [-0.39, 0.29) is 51.4 Å². The molecule has 0 amide bonds. The lowest BCUT2D eigenvalue weighted by Gasteiger charge is -2.27. The van der Waals surface area contributed by atoms with E-state index in [0.717, 1.165) is 0 Å². The van der Waals surface area contributed by atoms with Crippen molar-refractivity contribution in [1.82, 2.24) is 0 Å². The minimum Gasteiger partial charge on any atom is -0.464 e. The number of hydrogen-bond donors (Lipinski definition) is 0. The molecule has 44 heavy (non-hydrogen) atoms. The van der Waals surface area contributed by atoms with Crippen molar-refractivity contribution in [1.29, 1.82) is 0 Å². The van der Waals surface area contributed by atoms with Crippen LogP contribution in [0, 0.1) is 10.8 Å². The van der Waals surface area contributed by atoms with E-state index >= 15 is 0 Å². The second-order valence-electron chi connectivity index (χ2n) is 9.86. The monoisotopic (exact) mass is 630 g/mol. The van der Waals surface area contributed by atoms with Crippen molar-refractivity contribution in [2.24, 2.45) is 10.8 Å². The van der Waals surface area contributed by atoms with Gasteiger partial charge in [-0.15, -0.1) is 0 Å². The number of esters is 6. The van der Waals surface area contributed by atoms with E-state index in [1.54, 1.807) is 0 Å². The molecular formula is C28H38O16. The molecule has 0 aromatic heterocycles. The third kappa shape index (κ3) is 16.8. The molecule has 16 nitrogen and oxygen atoms in total. The molecule has 0 bridgehead atoms. The Morgan fingerprint density at radius 2 is 0.659 bits per heavy atom. The van der Waals surface area contributed by atoms with Crippen LogP contribution in [0.1, 0.15) is 65.2 Å². The Morgan fingerprint density at radius 3 is 0.864 bits per heavy atom. The maximum absolute atomic E-state index is 12.9. The van der Waals surface area contributed by atoms with E-state index in [9.17, 15) is 47.9 Å². The predicted molar refractivity (Wildman–Crippen MR) is 143 cm³/mol. The molecule has 0 spiro atoms. The van der Waals surface area contributed by atoms with Gasteiger partial charge in [0.15, 0.2) is 0 Å². The Kier molecular flexibility index (Phi) is 19.8. The zero-order valence-electron chi connectivity index (χ0n) is 24.7. The minimum absolute atomic E-state index is 0.110. The fourth-order valence-corrected chi connectivity index (χ4v) is 2.89. The molecule has 0 N–H and O–H groups in total. The largest absolute Gasteiger partial charge is 0.464 e. The second-order valence-corrected chi connectivity index (χ2v) is 9.86. The van der Waals surface area contributed by atoms with Crippen LogP contribution in [0.5, 0.6) is 0 Å². The Balaban J connectivity index is 5.31. The predicted octanol–water partition coefficient (Wildman–Crippen LogP) is 0.175. The number of ether oxygens (including phenoxy) is 6. The molecule has 0 unspecified atom stereocenters. The molecule has 0 radical (unpaired) electrons. The highest BCUT2D eigenvalue weighted by atomic mass is 16.6. The summed E-state index contributed by atoms with van der Waals surface area (Å²) >= 11 is 0. The van der Waals surface area contributed by atoms with E-state index in [4.69, 9.17) is 28.4 Å². The summed E-state index contributed by atoms with van der Waals surface area (Å²) in [6.07, 6.45) is 0.585. The van der Waals surface area contributed by atoms with Crippen LogP contribution in [0.15, 0.2) is 0 Å². The van der Waals surface area contributed by atoms with Crippen LogP contribution in [-0.2, 0) is 76.4 Å². The van der Waals surface area contributed by atoms with E-state index < -0.39 is 86.3 Å². The van der Waals surface area contributed by atoms with E-state index in [2.05, 4.69) is 0 Å². The molecule has 246 valence electrons. The average molecular weight is 631 g/mol. The highest BCUT2D eigenvalue weighted by Crippen LogP contribution is 2.23. The summed E-state index contributed by atoms with van der Waals surface area (Å²) < 4.78 is 30.4. The Hall–Kier alpha value is -4.50. The number of carbonyl (C=O) groups excluding carboxylic acids is 10. The van der Waals surface area contributed by atoms with Crippen molar-refractivity contribution in [3.8, 4) is 0 Å². The SMILES string of the molecule is CC(COC(=O)CCC=O)(COC(=O)CCC=O)C(=O)OCCOC(=O)C(C)(COC(=O)CCC=O)COC(=O)CCC=O. The van der Waals surface area contributed by atoms with Crippen LogP contribution in [-0.4, -0.2) is 101 Å². The Morgan fingerprint density at radius 1 is 0.432 bits per heavy atom. The van der Waals surface area contributed by atoms with Crippen LogP contribution in [0.3, 0.4) is 0 Å². The van der Waals surface area contributed by atoms with Gasteiger partial charge in [0.2, 0.25) is 0 Å². The molecule has 0 heterocycles. The van der Waals surface area contributed by atoms with Crippen LogP contribution in [0.4, 0.5) is 0 Å². The molecule has 0 fully saturated rings. The lowest BCUT2D eigenvalue weighted by Crippen LogP contribution is -2.42. The van der Waals surface area contributed by atoms with Gasteiger partial charge >= 0.3 is 35.8 Å². The van der Waals surface area contributed by atoms with Gasteiger partial charge in [0, 0.05) is 25.7 Å². The molecule has 0 aromatic carbocycles. The van der Waals surface area contributed by atoms with Crippen LogP contribution < -0.4 is 0 Å². The maximum Gasteiger partial charge on any atom is 0.318 e. The summed E-state index contributed by atoms with van der Waals surface area (Å²) in [6.45, 7) is -0.854. The number of hydrogen-bond acceptors (Lipinski definition) is 16. The quantitative estimate of drug-likeness (QED) is 0.0567. The van der Waals surface area contributed by atoms with Crippen molar-refractivity contribution < 1.29 is 76.4 Å². The van der Waals surface area contributed by atoms with Gasteiger partial charge in [-0.25, -0.2) is 0 Å². The lowest BCUT2D eigenvalue weighted by molar-refractivity contribution is -0.178. The van der Waals surface area contributed by atoms with Gasteiger partial charge in [-0.2, -0.15) is 0 Å². The second kappa shape index (κ2) is 22.1. The Bertz CT molecular complexity index is 881. The molecule has 0 rings (SSSR count). The van der Waals surface area contributed by atoms with Crippen molar-refractivity contribution >= 4 is 61.0 Å². The molecule has 0 aromatic rings. The smallest absolute Gasteiger partial charge is 0.318 e. The number of rotatable bonds is 25. The molecule has 16 heteroatoms. The summed E-state index contributed by atoms with van der Waals surface area (Å²) in [5, 5.41) is 0. The van der Waals surface area contributed by atoms with E-state index in [0.29, 0.717) is 25.1 Å². The fraction of sp³-hybridized carbons (Fsp3) is 0.643. The summed E-state index contributed by atoms with van der Waals surface area (Å²) in [7, 11) is 0. The summed E-state index contributed by atoms with van der Waals surface area (Å²) in [5.41, 5.74) is -3.42. The molecule has 0 aliphatic rings. The average Bonchev–Trinajstić information content (AvgIpc) is 3.01. The van der Waals surface area contributed by atoms with Crippen molar-refractivity contribution in [2.45, 2.75) is 65.2 Å². The molecule has 0 saturated heterocycles. The molecule has 0 aliphatic heterocycles. The summed E-state index contributed by atoms with van der Waals surface area (Å²) in [5.74, 6) is -5.19. The normalized spacial score (nSPS) is 10.9.